The van der Waals surface area contributed by atoms with Gasteiger partial charge in [-0.3, -0.25) is 9.59 Å². The fourth-order valence-electron chi connectivity index (χ4n) is 1.33. The molecule has 0 rings (SSSR count). The third kappa shape index (κ3) is 6.44. The molecule has 2 nitrogen and oxygen atoms in total. The van der Waals surface area contributed by atoms with E-state index >= 15 is 0 Å². The first-order valence-corrected chi connectivity index (χ1v) is 5.60. The van der Waals surface area contributed by atoms with Gasteiger partial charge in [0, 0.05) is 11.3 Å². The summed E-state index contributed by atoms with van der Waals surface area (Å²) in [5.41, 5.74) is -0.688. The van der Waals surface area contributed by atoms with Gasteiger partial charge in [0.2, 0.25) is 0 Å². The van der Waals surface area contributed by atoms with Gasteiger partial charge in [0.25, 0.3) is 0 Å². The van der Waals surface area contributed by atoms with Crippen molar-refractivity contribution in [1.29, 1.82) is 0 Å². The molecule has 0 spiro atoms. The molecule has 0 aliphatic carbocycles. The summed E-state index contributed by atoms with van der Waals surface area (Å²) in [5, 5.41) is 0. The van der Waals surface area contributed by atoms with Crippen LogP contribution in [-0.4, -0.2) is 17.7 Å². The van der Waals surface area contributed by atoms with E-state index in [0.717, 1.165) is 0 Å². The Morgan fingerprint density at radius 3 is 1.88 bits per heavy atom. The molecule has 0 bridgehead atoms. The molecule has 0 heterocycles. The van der Waals surface area contributed by atoms with E-state index in [-0.39, 0.29) is 12.2 Å². The first kappa shape index (κ1) is 16.1. The lowest BCUT2D eigenvalue weighted by Crippen LogP contribution is -2.28. The van der Waals surface area contributed by atoms with E-state index in [1.807, 2.05) is 0 Å². The molecular weight excluding hydrogens is 233 g/mol. The minimum Gasteiger partial charge on any atom is -0.299 e. The van der Waals surface area contributed by atoms with Crippen LogP contribution in [0.5, 0.6) is 0 Å². The minimum atomic E-state index is -4.36. The summed E-state index contributed by atoms with van der Waals surface area (Å²) < 4.78 is 36.6. The second-order valence-corrected chi connectivity index (χ2v) is 5.24. The average Bonchev–Trinajstić information content (AvgIpc) is 2.10. The molecule has 0 saturated carbocycles. The summed E-state index contributed by atoms with van der Waals surface area (Å²) in [6, 6.07) is 0. The van der Waals surface area contributed by atoms with Crippen LogP contribution in [0.4, 0.5) is 13.2 Å². The summed E-state index contributed by atoms with van der Waals surface area (Å²) in [4.78, 5) is 23.1. The summed E-state index contributed by atoms with van der Waals surface area (Å²) in [5.74, 6) is -2.02. The number of halogens is 3. The van der Waals surface area contributed by atoms with E-state index in [0.29, 0.717) is 0 Å². The highest BCUT2D eigenvalue weighted by Crippen LogP contribution is 2.28. The Hall–Kier alpha value is -0.870. The molecule has 5 heteroatoms. The molecule has 1 unspecified atom stereocenters. The maximum absolute atomic E-state index is 12.2. The topological polar surface area (TPSA) is 34.1 Å². The molecule has 0 N–H and O–H groups in total. The Kier molecular flexibility index (Phi) is 5.36. The van der Waals surface area contributed by atoms with Crippen molar-refractivity contribution in [2.45, 2.75) is 53.1 Å². The van der Waals surface area contributed by atoms with Gasteiger partial charge in [-0.15, -0.1) is 0 Å². The third-order valence-corrected chi connectivity index (χ3v) is 2.60. The lowest BCUT2D eigenvalue weighted by molar-refractivity contribution is -0.154. The van der Waals surface area contributed by atoms with Crippen molar-refractivity contribution < 1.29 is 22.8 Å². The molecule has 0 saturated heterocycles. The van der Waals surface area contributed by atoms with Gasteiger partial charge in [0.15, 0.2) is 0 Å². The van der Waals surface area contributed by atoms with Crippen LogP contribution in [0.3, 0.4) is 0 Å². The van der Waals surface area contributed by atoms with E-state index in [4.69, 9.17) is 0 Å². The lowest BCUT2D eigenvalue weighted by Gasteiger charge is -2.19. The molecule has 0 radical (unpaired) electrons. The molecule has 17 heavy (non-hydrogen) atoms. The number of carbonyl (C=O) groups is 2. The van der Waals surface area contributed by atoms with Crippen molar-refractivity contribution in [3.63, 3.8) is 0 Å². The molecule has 100 valence electrons. The van der Waals surface area contributed by atoms with E-state index < -0.39 is 36.1 Å². The number of hydrogen-bond acceptors (Lipinski definition) is 2. The van der Waals surface area contributed by atoms with Crippen LogP contribution in [-0.2, 0) is 9.59 Å². The zero-order valence-electron chi connectivity index (χ0n) is 10.6. The predicted molar refractivity (Wildman–Crippen MR) is 58.5 cm³/mol. The van der Waals surface area contributed by atoms with Crippen LogP contribution in [0.1, 0.15) is 47.0 Å². The van der Waals surface area contributed by atoms with Crippen molar-refractivity contribution >= 4 is 11.6 Å². The van der Waals surface area contributed by atoms with Crippen LogP contribution in [0.2, 0.25) is 0 Å². The Balaban J connectivity index is 4.53. The quantitative estimate of drug-likeness (QED) is 0.701. The average molecular weight is 252 g/mol. The standard InChI is InChI=1S/C12H19F3O2/c1-5-8(7-12(13,14)15)9(16)6-10(17)11(2,3)4/h8H,5-7H2,1-4H3. The molecule has 0 amide bonds. The van der Waals surface area contributed by atoms with Crippen LogP contribution in [0, 0.1) is 11.3 Å². The SMILES string of the molecule is CCC(CC(F)(F)F)C(=O)CC(=O)C(C)(C)C. The Labute approximate surface area is 99.6 Å². The number of carbonyl (C=O) groups excluding carboxylic acids is 2. The van der Waals surface area contributed by atoms with Crippen LogP contribution in [0.25, 0.3) is 0 Å². The van der Waals surface area contributed by atoms with Gasteiger partial charge >= 0.3 is 6.18 Å². The van der Waals surface area contributed by atoms with Gasteiger partial charge < -0.3 is 0 Å². The highest BCUT2D eigenvalue weighted by atomic mass is 19.4. The lowest BCUT2D eigenvalue weighted by atomic mass is 9.84. The number of Topliss-reactive ketones (excluding diaryl/α,β-unsaturated/α-hetero) is 2. The van der Waals surface area contributed by atoms with E-state index in [9.17, 15) is 22.8 Å². The van der Waals surface area contributed by atoms with Gasteiger partial charge in [-0.25, -0.2) is 0 Å². The number of rotatable bonds is 5. The summed E-state index contributed by atoms with van der Waals surface area (Å²) in [7, 11) is 0. The highest BCUT2D eigenvalue weighted by Gasteiger charge is 2.35. The van der Waals surface area contributed by atoms with Crippen molar-refractivity contribution in [2.75, 3.05) is 0 Å². The smallest absolute Gasteiger partial charge is 0.299 e. The zero-order chi connectivity index (χ0) is 13.9. The number of ketones is 2. The van der Waals surface area contributed by atoms with Crippen molar-refractivity contribution in [2.24, 2.45) is 11.3 Å². The van der Waals surface area contributed by atoms with Crippen molar-refractivity contribution in [3.8, 4) is 0 Å². The zero-order valence-corrected chi connectivity index (χ0v) is 10.6. The fourth-order valence-corrected chi connectivity index (χ4v) is 1.33. The number of alkyl halides is 3. The first-order chi connectivity index (χ1) is 7.47. The van der Waals surface area contributed by atoms with E-state index in [2.05, 4.69) is 0 Å². The molecule has 0 aliphatic heterocycles. The fraction of sp³-hybridized carbons (Fsp3) is 0.833. The second-order valence-electron chi connectivity index (χ2n) is 5.24. The van der Waals surface area contributed by atoms with Gasteiger partial charge in [0.05, 0.1) is 12.8 Å². The summed E-state index contributed by atoms with van der Waals surface area (Å²) in [6.07, 6.45) is -5.80. The van der Waals surface area contributed by atoms with Crippen LogP contribution >= 0.6 is 0 Å². The molecule has 0 aromatic heterocycles. The van der Waals surface area contributed by atoms with Crippen LogP contribution in [0.15, 0.2) is 0 Å². The van der Waals surface area contributed by atoms with Gasteiger partial charge in [-0.05, 0) is 6.42 Å². The van der Waals surface area contributed by atoms with Crippen molar-refractivity contribution in [1.82, 2.24) is 0 Å². The summed E-state index contributed by atoms with van der Waals surface area (Å²) >= 11 is 0. The minimum absolute atomic E-state index is 0.107. The van der Waals surface area contributed by atoms with E-state index in [1.54, 1.807) is 20.8 Å². The Bertz CT molecular complexity index is 287. The maximum atomic E-state index is 12.2. The van der Waals surface area contributed by atoms with Gasteiger partial charge in [-0.1, -0.05) is 27.7 Å². The normalized spacial score (nSPS) is 14.5. The first-order valence-electron chi connectivity index (χ1n) is 5.60. The largest absolute Gasteiger partial charge is 0.389 e. The molecule has 0 fully saturated rings. The third-order valence-electron chi connectivity index (χ3n) is 2.60. The van der Waals surface area contributed by atoms with Crippen LogP contribution < -0.4 is 0 Å². The number of hydrogen-bond donors (Lipinski definition) is 0. The maximum Gasteiger partial charge on any atom is 0.389 e. The monoisotopic (exact) mass is 252 g/mol. The molecule has 0 aromatic carbocycles. The van der Waals surface area contributed by atoms with Gasteiger partial charge in [-0.2, -0.15) is 13.2 Å². The Morgan fingerprint density at radius 2 is 1.59 bits per heavy atom. The van der Waals surface area contributed by atoms with E-state index in [1.165, 1.54) is 6.92 Å². The summed E-state index contributed by atoms with van der Waals surface area (Å²) in [6.45, 7) is 6.46. The second kappa shape index (κ2) is 5.65. The molecule has 1 atom stereocenters. The predicted octanol–water partition coefficient (Wildman–Crippen LogP) is 3.54. The molecular formula is C12H19F3O2. The van der Waals surface area contributed by atoms with Gasteiger partial charge in [0.1, 0.15) is 11.6 Å². The molecule has 0 aromatic rings. The Morgan fingerprint density at radius 1 is 1.12 bits per heavy atom. The highest BCUT2D eigenvalue weighted by molar-refractivity contribution is 6.02. The molecule has 0 aliphatic rings. The van der Waals surface area contributed by atoms with Crippen molar-refractivity contribution in [3.05, 3.63) is 0 Å².